The van der Waals surface area contributed by atoms with Gasteiger partial charge in [-0.25, -0.2) is 0 Å². The molecule has 2 aliphatic rings. The number of hydrogen-bond acceptors (Lipinski definition) is 1. The highest BCUT2D eigenvalue weighted by molar-refractivity contribution is 5.62. The largest absolute Gasteiger partial charge is 0.388 e. The molecule has 0 bridgehead atoms. The van der Waals surface area contributed by atoms with Gasteiger partial charge in [0.05, 0.1) is 0 Å². The Kier molecular flexibility index (Phi) is 1.79. The van der Waals surface area contributed by atoms with E-state index in [1.54, 1.807) is 22.3 Å². The standard InChI is InChI=1S/C13H17N/c1-14-13-8-9-4-2-5-10(9)11-6-3-7-12(11)13/h8,14H,2-7H2,1H3. The van der Waals surface area contributed by atoms with E-state index in [0.717, 1.165) is 0 Å². The smallest absolute Gasteiger partial charge is 0.0375 e. The van der Waals surface area contributed by atoms with Gasteiger partial charge in [0.25, 0.3) is 0 Å². The van der Waals surface area contributed by atoms with Crippen molar-refractivity contribution in [1.29, 1.82) is 0 Å². The zero-order valence-electron chi connectivity index (χ0n) is 8.82. The maximum absolute atomic E-state index is 3.36. The van der Waals surface area contributed by atoms with Crippen LogP contribution >= 0.6 is 0 Å². The van der Waals surface area contributed by atoms with E-state index < -0.39 is 0 Å². The summed E-state index contributed by atoms with van der Waals surface area (Å²) in [5.74, 6) is 0. The van der Waals surface area contributed by atoms with E-state index in [9.17, 15) is 0 Å². The van der Waals surface area contributed by atoms with E-state index in [0.29, 0.717) is 0 Å². The molecule has 14 heavy (non-hydrogen) atoms. The molecule has 2 aliphatic carbocycles. The normalized spacial score (nSPS) is 18.1. The van der Waals surface area contributed by atoms with Crippen LogP contribution in [0.5, 0.6) is 0 Å². The van der Waals surface area contributed by atoms with Gasteiger partial charge < -0.3 is 5.32 Å². The molecule has 0 saturated heterocycles. The summed E-state index contributed by atoms with van der Waals surface area (Å²) in [5, 5.41) is 3.36. The lowest BCUT2D eigenvalue weighted by molar-refractivity contribution is 0.888. The predicted molar refractivity (Wildman–Crippen MR) is 60.0 cm³/mol. The fourth-order valence-corrected chi connectivity index (χ4v) is 3.13. The van der Waals surface area contributed by atoms with Gasteiger partial charge >= 0.3 is 0 Å². The highest BCUT2D eigenvalue weighted by Crippen LogP contribution is 2.37. The van der Waals surface area contributed by atoms with Crippen molar-refractivity contribution in [3.8, 4) is 0 Å². The Hall–Kier alpha value is -0.980. The zero-order chi connectivity index (χ0) is 9.54. The number of fused-ring (bicyclic) bond motifs is 3. The Morgan fingerprint density at radius 1 is 0.929 bits per heavy atom. The van der Waals surface area contributed by atoms with Crippen LogP contribution in [0, 0.1) is 0 Å². The van der Waals surface area contributed by atoms with Gasteiger partial charge in [0.15, 0.2) is 0 Å². The van der Waals surface area contributed by atoms with E-state index in [1.165, 1.54) is 44.2 Å². The molecule has 0 amide bonds. The summed E-state index contributed by atoms with van der Waals surface area (Å²) in [6.07, 6.45) is 7.99. The molecular formula is C13H17N. The van der Waals surface area contributed by atoms with E-state index in [-0.39, 0.29) is 0 Å². The molecule has 3 rings (SSSR count). The van der Waals surface area contributed by atoms with Gasteiger partial charge in [0, 0.05) is 12.7 Å². The SMILES string of the molecule is CNc1cc2c(c3c1CCC3)CCC2. The van der Waals surface area contributed by atoms with Crippen LogP contribution in [0.4, 0.5) is 5.69 Å². The molecule has 74 valence electrons. The molecule has 1 nitrogen and oxygen atoms in total. The number of benzene rings is 1. The number of aryl methyl sites for hydroxylation is 1. The van der Waals surface area contributed by atoms with E-state index >= 15 is 0 Å². The Bertz CT molecular complexity index is 379. The number of rotatable bonds is 1. The van der Waals surface area contributed by atoms with E-state index in [2.05, 4.69) is 18.4 Å². The van der Waals surface area contributed by atoms with E-state index in [1.807, 2.05) is 0 Å². The third kappa shape index (κ3) is 1.01. The lowest BCUT2D eigenvalue weighted by atomic mass is 9.98. The van der Waals surface area contributed by atoms with Crippen molar-refractivity contribution in [2.75, 3.05) is 12.4 Å². The molecule has 1 heteroatoms. The van der Waals surface area contributed by atoms with Gasteiger partial charge in [-0.1, -0.05) is 0 Å². The van der Waals surface area contributed by atoms with Crippen molar-refractivity contribution in [3.05, 3.63) is 28.3 Å². The van der Waals surface area contributed by atoms with Crippen LogP contribution < -0.4 is 5.32 Å². The molecule has 0 radical (unpaired) electrons. The van der Waals surface area contributed by atoms with Crippen LogP contribution in [-0.4, -0.2) is 7.05 Å². The van der Waals surface area contributed by atoms with Gasteiger partial charge in [0.1, 0.15) is 0 Å². The van der Waals surface area contributed by atoms with Crippen LogP contribution in [0.3, 0.4) is 0 Å². The van der Waals surface area contributed by atoms with Crippen molar-refractivity contribution in [1.82, 2.24) is 0 Å². The maximum atomic E-state index is 3.36. The second kappa shape index (κ2) is 3.01. The Morgan fingerprint density at radius 3 is 2.50 bits per heavy atom. The number of anilines is 1. The first-order chi connectivity index (χ1) is 6.90. The molecule has 0 heterocycles. The van der Waals surface area contributed by atoms with Crippen molar-refractivity contribution >= 4 is 5.69 Å². The molecule has 1 aromatic carbocycles. The highest BCUT2D eigenvalue weighted by atomic mass is 14.8. The van der Waals surface area contributed by atoms with Crippen LogP contribution in [-0.2, 0) is 25.7 Å². The Labute approximate surface area is 85.5 Å². The first-order valence-corrected chi connectivity index (χ1v) is 5.74. The Morgan fingerprint density at radius 2 is 1.64 bits per heavy atom. The van der Waals surface area contributed by atoms with Crippen molar-refractivity contribution < 1.29 is 0 Å². The molecule has 0 aliphatic heterocycles. The second-order valence-electron chi connectivity index (χ2n) is 4.48. The monoisotopic (exact) mass is 187 g/mol. The minimum absolute atomic E-state index is 1.29. The highest BCUT2D eigenvalue weighted by Gasteiger charge is 2.23. The minimum atomic E-state index is 1.29. The molecule has 1 aromatic rings. The first-order valence-electron chi connectivity index (χ1n) is 5.74. The molecule has 1 N–H and O–H groups in total. The fourth-order valence-electron chi connectivity index (χ4n) is 3.13. The summed E-state index contributed by atoms with van der Waals surface area (Å²) < 4.78 is 0. The van der Waals surface area contributed by atoms with Crippen LogP contribution in [0.2, 0.25) is 0 Å². The average Bonchev–Trinajstić information content (AvgIpc) is 2.83. The molecule has 0 spiro atoms. The summed E-state index contributed by atoms with van der Waals surface area (Å²) in [6.45, 7) is 0. The summed E-state index contributed by atoms with van der Waals surface area (Å²) in [4.78, 5) is 0. The lowest BCUT2D eigenvalue weighted by Gasteiger charge is -2.13. The van der Waals surface area contributed by atoms with Crippen molar-refractivity contribution in [3.63, 3.8) is 0 Å². The first kappa shape index (κ1) is 8.34. The maximum Gasteiger partial charge on any atom is 0.0375 e. The third-order valence-electron chi connectivity index (χ3n) is 3.76. The van der Waals surface area contributed by atoms with E-state index in [4.69, 9.17) is 0 Å². The van der Waals surface area contributed by atoms with Gasteiger partial charge in [-0.3, -0.25) is 0 Å². The second-order valence-corrected chi connectivity index (χ2v) is 4.48. The third-order valence-corrected chi connectivity index (χ3v) is 3.76. The number of nitrogens with one attached hydrogen (secondary N) is 1. The fraction of sp³-hybridized carbons (Fsp3) is 0.538. The summed E-state index contributed by atoms with van der Waals surface area (Å²) in [7, 11) is 2.05. The molecule has 0 aromatic heterocycles. The summed E-state index contributed by atoms with van der Waals surface area (Å²) >= 11 is 0. The molecule has 0 saturated carbocycles. The topological polar surface area (TPSA) is 12.0 Å². The molecular weight excluding hydrogens is 170 g/mol. The molecule has 0 unspecified atom stereocenters. The lowest BCUT2D eigenvalue weighted by Crippen LogP contribution is -1.99. The van der Waals surface area contributed by atoms with Gasteiger partial charge in [-0.2, -0.15) is 0 Å². The number of hydrogen-bond donors (Lipinski definition) is 1. The molecule has 0 fully saturated rings. The minimum Gasteiger partial charge on any atom is -0.388 e. The van der Waals surface area contributed by atoms with Gasteiger partial charge in [0.2, 0.25) is 0 Å². The summed E-state index contributed by atoms with van der Waals surface area (Å²) in [5.41, 5.74) is 8.04. The average molecular weight is 187 g/mol. The Balaban J connectivity index is 2.23. The quantitative estimate of drug-likeness (QED) is 0.712. The zero-order valence-corrected chi connectivity index (χ0v) is 8.82. The summed E-state index contributed by atoms with van der Waals surface area (Å²) in [6, 6.07) is 2.40. The van der Waals surface area contributed by atoms with Crippen molar-refractivity contribution in [2.45, 2.75) is 38.5 Å². The van der Waals surface area contributed by atoms with Gasteiger partial charge in [-0.05, 0) is 66.8 Å². The van der Waals surface area contributed by atoms with Crippen LogP contribution in [0.25, 0.3) is 0 Å². The molecule has 0 atom stereocenters. The van der Waals surface area contributed by atoms with Crippen LogP contribution in [0.15, 0.2) is 6.07 Å². The van der Waals surface area contributed by atoms with Crippen LogP contribution in [0.1, 0.15) is 35.1 Å². The predicted octanol–water partition coefficient (Wildman–Crippen LogP) is 2.71. The van der Waals surface area contributed by atoms with Gasteiger partial charge in [-0.15, -0.1) is 0 Å². The van der Waals surface area contributed by atoms with Crippen molar-refractivity contribution in [2.24, 2.45) is 0 Å².